The van der Waals surface area contributed by atoms with Gasteiger partial charge in [0.25, 0.3) is 0 Å². The van der Waals surface area contributed by atoms with Crippen molar-refractivity contribution < 1.29 is 9.90 Å². The smallest absolute Gasteiger partial charge is 0.223 e. The van der Waals surface area contributed by atoms with Gasteiger partial charge in [-0.25, -0.2) is 4.98 Å². The van der Waals surface area contributed by atoms with Crippen molar-refractivity contribution in [2.75, 3.05) is 38.0 Å². The highest BCUT2D eigenvalue weighted by Crippen LogP contribution is 2.21. The Morgan fingerprint density at radius 3 is 2.52 bits per heavy atom. The third-order valence-electron chi connectivity index (χ3n) is 4.12. The van der Waals surface area contributed by atoms with Crippen LogP contribution in [-0.4, -0.2) is 64.6 Å². The topological polar surface area (TPSA) is 68.7 Å². The Morgan fingerprint density at radius 1 is 1.35 bits per heavy atom. The number of piperazine rings is 1. The Kier molecular flexibility index (Phi) is 6.13. The summed E-state index contributed by atoms with van der Waals surface area (Å²) in [6.07, 6.45) is -0.298. The second-order valence-electron chi connectivity index (χ2n) is 7.28. The highest BCUT2D eigenvalue weighted by Gasteiger charge is 2.26. The number of nitrogens with zero attached hydrogens (tertiary/aromatic N) is 3. The van der Waals surface area contributed by atoms with E-state index in [-0.39, 0.29) is 17.4 Å². The highest BCUT2D eigenvalue weighted by atomic mass is 32.1. The van der Waals surface area contributed by atoms with Crippen molar-refractivity contribution in [2.45, 2.75) is 40.3 Å². The van der Waals surface area contributed by atoms with E-state index >= 15 is 0 Å². The summed E-state index contributed by atoms with van der Waals surface area (Å²) in [6.45, 7) is 13.1. The number of thiazole rings is 1. The predicted octanol–water partition coefficient (Wildman–Crippen LogP) is 1.63. The van der Waals surface area contributed by atoms with E-state index in [2.05, 4.69) is 40.9 Å². The van der Waals surface area contributed by atoms with Gasteiger partial charge in [-0.15, -0.1) is 11.3 Å². The van der Waals surface area contributed by atoms with E-state index in [1.807, 2.05) is 5.38 Å². The Morgan fingerprint density at radius 2 is 1.96 bits per heavy atom. The molecule has 1 aromatic heterocycles. The summed E-state index contributed by atoms with van der Waals surface area (Å²) in [6, 6.07) is 0. The Balaban J connectivity index is 1.76. The van der Waals surface area contributed by atoms with Crippen LogP contribution in [0, 0.1) is 5.41 Å². The third-order valence-corrected chi connectivity index (χ3v) is 4.92. The van der Waals surface area contributed by atoms with Crippen molar-refractivity contribution in [2.24, 2.45) is 5.41 Å². The molecule has 1 saturated heterocycles. The van der Waals surface area contributed by atoms with E-state index < -0.39 is 0 Å². The average molecular weight is 340 g/mol. The maximum Gasteiger partial charge on any atom is 0.223 e. The molecule has 23 heavy (non-hydrogen) atoms. The number of carbonyl (C=O) groups is 1. The molecule has 0 radical (unpaired) electrons. The SMILES string of the molecule is CC(=O)Nc1nc(CN2CCN(C[C@H](O)C(C)(C)C)CC2)cs1. The molecule has 0 saturated carbocycles. The summed E-state index contributed by atoms with van der Waals surface area (Å²) in [5, 5.41) is 15.6. The maximum atomic E-state index is 11.0. The molecule has 1 amide bonds. The van der Waals surface area contributed by atoms with Crippen molar-refractivity contribution in [1.29, 1.82) is 0 Å². The van der Waals surface area contributed by atoms with Crippen molar-refractivity contribution in [3.8, 4) is 0 Å². The van der Waals surface area contributed by atoms with Crippen LogP contribution in [0.15, 0.2) is 5.38 Å². The van der Waals surface area contributed by atoms with Gasteiger partial charge in [0.15, 0.2) is 5.13 Å². The summed E-state index contributed by atoms with van der Waals surface area (Å²) >= 11 is 1.46. The highest BCUT2D eigenvalue weighted by molar-refractivity contribution is 7.13. The van der Waals surface area contributed by atoms with Gasteiger partial charge in [-0.05, 0) is 5.41 Å². The van der Waals surface area contributed by atoms with Crippen molar-refractivity contribution in [1.82, 2.24) is 14.8 Å². The van der Waals surface area contributed by atoms with E-state index in [0.29, 0.717) is 5.13 Å². The van der Waals surface area contributed by atoms with Crippen LogP contribution in [0.3, 0.4) is 0 Å². The molecule has 1 atom stereocenters. The lowest BCUT2D eigenvalue weighted by molar-refractivity contribution is -0.114. The Hall–Kier alpha value is -1.02. The van der Waals surface area contributed by atoms with E-state index in [0.717, 1.165) is 45.0 Å². The first-order valence-electron chi connectivity index (χ1n) is 8.09. The number of aliphatic hydroxyl groups is 1. The minimum atomic E-state index is -0.298. The van der Waals surface area contributed by atoms with E-state index in [9.17, 15) is 9.90 Å². The number of anilines is 1. The fourth-order valence-electron chi connectivity index (χ4n) is 2.47. The van der Waals surface area contributed by atoms with Crippen LogP contribution in [0.25, 0.3) is 0 Å². The van der Waals surface area contributed by atoms with Crippen LogP contribution in [0.2, 0.25) is 0 Å². The first-order chi connectivity index (χ1) is 10.7. The lowest BCUT2D eigenvalue weighted by Gasteiger charge is -2.37. The van der Waals surface area contributed by atoms with Crippen LogP contribution in [0.5, 0.6) is 0 Å². The summed E-state index contributed by atoms with van der Waals surface area (Å²) < 4.78 is 0. The number of hydrogen-bond acceptors (Lipinski definition) is 6. The summed E-state index contributed by atoms with van der Waals surface area (Å²) in [4.78, 5) is 20.2. The molecule has 0 unspecified atom stereocenters. The normalized spacial score (nSPS) is 18.8. The van der Waals surface area contributed by atoms with Gasteiger partial charge in [0.1, 0.15) is 0 Å². The van der Waals surface area contributed by atoms with Gasteiger partial charge < -0.3 is 10.4 Å². The first kappa shape index (κ1) is 18.3. The van der Waals surface area contributed by atoms with E-state index in [4.69, 9.17) is 0 Å². The molecule has 0 spiro atoms. The monoisotopic (exact) mass is 340 g/mol. The van der Waals surface area contributed by atoms with Crippen LogP contribution < -0.4 is 5.32 Å². The molecular formula is C16H28N4O2S. The van der Waals surface area contributed by atoms with Crippen molar-refractivity contribution >= 4 is 22.4 Å². The van der Waals surface area contributed by atoms with Gasteiger partial charge in [0.2, 0.25) is 5.91 Å². The average Bonchev–Trinajstić information content (AvgIpc) is 2.86. The zero-order valence-electron chi connectivity index (χ0n) is 14.5. The molecule has 2 rings (SSSR count). The predicted molar refractivity (Wildman–Crippen MR) is 93.6 cm³/mol. The second-order valence-corrected chi connectivity index (χ2v) is 8.14. The zero-order valence-corrected chi connectivity index (χ0v) is 15.3. The molecule has 1 aliphatic rings. The number of amides is 1. The third kappa shape index (κ3) is 5.84. The number of aromatic nitrogens is 1. The molecule has 6 nitrogen and oxygen atoms in total. The molecule has 1 aromatic rings. The maximum absolute atomic E-state index is 11.0. The molecule has 2 N–H and O–H groups in total. The minimum absolute atomic E-state index is 0.0716. The van der Waals surface area contributed by atoms with E-state index in [1.165, 1.54) is 18.3 Å². The minimum Gasteiger partial charge on any atom is -0.391 e. The quantitative estimate of drug-likeness (QED) is 0.853. The lowest BCUT2D eigenvalue weighted by Crippen LogP contribution is -2.49. The largest absolute Gasteiger partial charge is 0.391 e. The number of nitrogens with one attached hydrogen (secondary N) is 1. The number of carbonyl (C=O) groups excluding carboxylic acids is 1. The molecule has 1 aliphatic heterocycles. The van der Waals surface area contributed by atoms with Crippen LogP contribution in [0.1, 0.15) is 33.4 Å². The summed E-state index contributed by atoms with van der Waals surface area (Å²) in [5.74, 6) is -0.0862. The van der Waals surface area contributed by atoms with Crippen LogP contribution >= 0.6 is 11.3 Å². The molecular weight excluding hydrogens is 312 g/mol. The van der Waals surface area contributed by atoms with Gasteiger partial charge in [0.05, 0.1) is 11.8 Å². The van der Waals surface area contributed by atoms with Crippen molar-refractivity contribution in [3.05, 3.63) is 11.1 Å². The van der Waals surface area contributed by atoms with Gasteiger partial charge in [-0.2, -0.15) is 0 Å². The van der Waals surface area contributed by atoms with Crippen LogP contribution in [-0.2, 0) is 11.3 Å². The van der Waals surface area contributed by atoms with Gasteiger partial charge >= 0.3 is 0 Å². The van der Waals surface area contributed by atoms with Gasteiger partial charge in [-0.3, -0.25) is 14.6 Å². The zero-order chi connectivity index (χ0) is 17.0. The number of aliphatic hydroxyl groups excluding tert-OH is 1. The molecule has 2 heterocycles. The lowest BCUT2D eigenvalue weighted by atomic mass is 9.89. The molecule has 0 aliphatic carbocycles. The number of hydrogen-bond donors (Lipinski definition) is 2. The second kappa shape index (κ2) is 7.70. The Labute approximate surface area is 142 Å². The molecule has 130 valence electrons. The first-order valence-corrected chi connectivity index (χ1v) is 8.97. The summed E-state index contributed by atoms with van der Waals surface area (Å²) in [7, 11) is 0. The number of β-amino-alcohol motifs (C(OH)–C–C–N with tert-alkyl or cyclic N) is 1. The molecule has 0 bridgehead atoms. The molecule has 0 aromatic carbocycles. The van der Waals surface area contributed by atoms with Crippen LogP contribution in [0.4, 0.5) is 5.13 Å². The van der Waals surface area contributed by atoms with E-state index in [1.54, 1.807) is 0 Å². The van der Waals surface area contributed by atoms with Crippen molar-refractivity contribution in [3.63, 3.8) is 0 Å². The van der Waals surface area contributed by atoms with Gasteiger partial charge in [-0.1, -0.05) is 20.8 Å². The molecule has 1 fully saturated rings. The fraction of sp³-hybridized carbons (Fsp3) is 0.750. The summed E-state index contributed by atoms with van der Waals surface area (Å²) in [5.41, 5.74) is 0.930. The fourth-order valence-corrected chi connectivity index (χ4v) is 3.21. The number of rotatable bonds is 5. The molecule has 7 heteroatoms. The van der Waals surface area contributed by atoms with Gasteiger partial charge in [0, 0.05) is 51.6 Å². The standard InChI is InChI=1S/C16H28N4O2S/c1-12(21)17-15-18-13(11-23-15)9-19-5-7-20(8-6-19)10-14(22)16(2,3)4/h11,14,22H,5-10H2,1-4H3,(H,17,18,21)/t14-/m0/s1. The Bertz CT molecular complexity index is 518.